The van der Waals surface area contributed by atoms with Crippen molar-refractivity contribution in [2.75, 3.05) is 25.5 Å². The summed E-state index contributed by atoms with van der Waals surface area (Å²) in [7, 11) is 2.03. The van der Waals surface area contributed by atoms with Gasteiger partial charge in [0.2, 0.25) is 5.91 Å². The van der Waals surface area contributed by atoms with Crippen LogP contribution < -0.4 is 11.1 Å². The van der Waals surface area contributed by atoms with Crippen LogP contribution in [-0.4, -0.2) is 36.9 Å². The quantitative estimate of drug-likeness (QED) is 0.756. The fourth-order valence-corrected chi connectivity index (χ4v) is 4.55. The average Bonchev–Trinajstić information content (AvgIpc) is 2.87. The van der Waals surface area contributed by atoms with Gasteiger partial charge < -0.3 is 16.0 Å². The van der Waals surface area contributed by atoms with Crippen molar-refractivity contribution in [2.45, 2.75) is 52.4 Å². The second-order valence-electron chi connectivity index (χ2n) is 6.88. The van der Waals surface area contributed by atoms with Gasteiger partial charge in [-0.2, -0.15) is 0 Å². The maximum Gasteiger partial charge on any atom is 0.251 e. The number of unbranched alkanes of at least 4 members (excludes halogenated alkanes) is 1. The number of carbonyl (C=O) groups excluding carboxylic acids is 2. The summed E-state index contributed by atoms with van der Waals surface area (Å²) < 4.78 is 0. The highest BCUT2D eigenvalue weighted by atomic mass is 32.1. The SMILES string of the molecule is CCCCN(C)CCC(=O)Nc1sc2c(c1C(N)=O)CCC(C)C2. The molecule has 3 N–H and O–H groups in total. The van der Waals surface area contributed by atoms with E-state index < -0.39 is 5.91 Å². The molecule has 2 amide bonds. The van der Waals surface area contributed by atoms with Crippen molar-refractivity contribution in [3.05, 3.63) is 16.0 Å². The van der Waals surface area contributed by atoms with E-state index in [1.807, 2.05) is 7.05 Å². The van der Waals surface area contributed by atoms with Crippen LogP contribution in [0.5, 0.6) is 0 Å². The monoisotopic (exact) mass is 351 g/mol. The van der Waals surface area contributed by atoms with E-state index in [0.29, 0.717) is 22.9 Å². The molecule has 1 unspecified atom stereocenters. The summed E-state index contributed by atoms with van der Waals surface area (Å²) in [5.74, 6) is 0.137. The molecule has 0 spiro atoms. The maximum atomic E-state index is 12.3. The first-order chi connectivity index (χ1) is 11.4. The van der Waals surface area contributed by atoms with Crippen LogP contribution in [0.3, 0.4) is 0 Å². The van der Waals surface area contributed by atoms with Crippen molar-refractivity contribution < 1.29 is 9.59 Å². The number of carbonyl (C=O) groups is 2. The number of nitrogens with zero attached hydrogens (tertiary/aromatic N) is 1. The van der Waals surface area contributed by atoms with Gasteiger partial charge in [-0.1, -0.05) is 20.3 Å². The lowest BCUT2D eigenvalue weighted by Gasteiger charge is -2.18. The van der Waals surface area contributed by atoms with Crippen molar-refractivity contribution in [3.63, 3.8) is 0 Å². The molecule has 5 nitrogen and oxygen atoms in total. The van der Waals surface area contributed by atoms with Crippen molar-refractivity contribution in [1.29, 1.82) is 0 Å². The van der Waals surface area contributed by atoms with E-state index in [9.17, 15) is 9.59 Å². The van der Waals surface area contributed by atoms with Crippen molar-refractivity contribution in [1.82, 2.24) is 4.90 Å². The van der Waals surface area contributed by atoms with Gasteiger partial charge in [-0.15, -0.1) is 11.3 Å². The first-order valence-electron chi connectivity index (χ1n) is 8.85. The van der Waals surface area contributed by atoms with Crippen LogP contribution in [0.15, 0.2) is 0 Å². The molecule has 0 bridgehead atoms. The molecule has 1 aromatic heterocycles. The molecule has 1 heterocycles. The van der Waals surface area contributed by atoms with Crippen LogP contribution in [0.1, 0.15) is 60.3 Å². The highest BCUT2D eigenvalue weighted by Gasteiger charge is 2.27. The van der Waals surface area contributed by atoms with E-state index in [1.165, 1.54) is 16.2 Å². The Morgan fingerprint density at radius 2 is 2.12 bits per heavy atom. The van der Waals surface area contributed by atoms with E-state index in [1.54, 1.807) is 0 Å². The van der Waals surface area contributed by atoms with Gasteiger partial charge in [0, 0.05) is 17.8 Å². The van der Waals surface area contributed by atoms with Crippen LogP contribution in [0.2, 0.25) is 0 Å². The molecular weight excluding hydrogens is 322 g/mol. The number of fused-ring (bicyclic) bond motifs is 1. The van der Waals surface area contributed by atoms with Crippen LogP contribution in [-0.2, 0) is 17.6 Å². The van der Waals surface area contributed by atoms with Gasteiger partial charge in [-0.25, -0.2) is 0 Å². The third-order valence-electron chi connectivity index (χ3n) is 4.63. The van der Waals surface area contributed by atoms with Gasteiger partial charge in [0.05, 0.1) is 5.56 Å². The summed E-state index contributed by atoms with van der Waals surface area (Å²) >= 11 is 1.52. The zero-order valence-electron chi connectivity index (χ0n) is 15.0. The van der Waals surface area contributed by atoms with E-state index in [4.69, 9.17) is 5.73 Å². The molecule has 24 heavy (non-hydrogen) atoms. The standard InChI is InChI=1S/C18H29N3O2S/c1-4-5-9-21(3)10-8-15(22)20-18-16(17(19)23)13-7-6-12(2)11-14(13)24-18/h12H,4-11H2,1-3H3,(H2,19,23)(H,20,22). The zero-order valence-corrected chi connectivity index (χ0v) is 15.8. The Kier molecular flexibility index (Phi) is 6.80. The molecule has 0 aromatic carbocycles. The van der Waals surface area contributed by atoms with Crippen molar-refractivity contribution in [3.8, 4) is 0 Å². The van der Waals surface area contributed by atoms with Gasteiger partial charge in [0.1, 0.15) is 5.00 Å². The van der Waals surface area contributed by atoms with Gasteiger partial charge in [-0.05, 0) is 50.8 Å². The number of anilines is 1. The number of amides is 2. The average molecular weight is 352 g/mol. The van der Waals surface area contributed by atoms with Crippen molar-refractivity contribution in [2.24, 2.45) is 11.7 Å². The summed E-state index contributed by atoms with van der Waals surface area (Å²) in [6, 6.07) is 0. The Balaban J connectivity index is 2.01. The minimum absolute atomic E-state index is 0.0486. The van der Waals surface area contributed by atoms with Crippen LogP contribution in [0.4, 0.5) is 5.00 Å². The van der Waals surface area contributed by atoms with Crippen LogP contribution >= 0.6 is 11.3 Å². The molecule has 0 aliphatic heterocycles. The fourth-order valence-electron chi connectivity index (χ4n) is 3.12. The maximum absolute atomic E-state index is 12.3. The number of hydrogen-bond donors (Lipinski definition) is 2. The Labute approximate surface area is 148 Å². The number of primary amides is 1. The largest absolute Gasteiger partial charge is 0.365 e. The Bertz CT molecular complexity index is 597. The second-order valence-corrected chi connectivity index (χ2v) is 7.98. The molecule has 0 saturated heterocycles. The minimum atomic E-state index is -0.433. The van der Waals surface area contributed by atoms with Crippen molar-refractivity contribution >= 4 is 28.2 Å². The summed E-state index contributed by atoms with van der Waals surface area (Å²) in [4.78, 5) is 27.5. The number of nitrogens with one attached hydrogen (secondary N) is 1. The Morgan fingerprint density at radius 3 is 2.79 bits per heavy atom. The van der Waals surface area contributed by atoms with E-state index in [0.717, 1.165) is 50.8 Å². The Morgan fingerprint density at radius 1 is 1.38 bits per heavy atom. The number of rotatable bonds is 8. The molecule has 0 fully saturated rings. The molecule has 6 heteroatoms. The van der Waals surface area contributed by atoms with Gasteiger partial charge >= 0.3 is 0 Å². The summed E-state index contributed by atoms with van der Waals surface area (Å²) in [6.07, 6.45) is 5.63. The third kappa shape index (κ3) is 4.80. The topological polar surface area (TPSA) is 75.4 Å². The molecule has 134 valence electrons. The summed E-state index contributed by atoms with van der Waals surface area (Å²) in [5.41, 5.74) is 7.17. The van der Waals surface area contributed by atoms with Gasteiger partial charge in [-0.3, -0.25) is 9.59 Å². The fraction of sp³-hybridized carbons (Fsp3) is 0.667. The lowest BCUT2D eigenvalue weighted by atomic mass is 9.88. The molecule has 1 atom stereocenters. The second kappa shape index (κ2) is 8.62. The number of nitrogens with two attached hydrogens (primary N) is 1. The van der Waals surface area contributed by atoms with E-state index in [-0.39, 0.29) is 5.91 Å². The molecule has 1 aliphatic carbocycles. The zero-order chi connectivity index (χ0) is 17.7. The van der Waals surface area contributed by atoms with E-state index >= 15 is 0 Å². The number of thiophene rings is 1. The normalized spacial score (nSPS) is 16.9. The van der Waals surface area contributed by atoms with Crippen LogP contribution in [0.25, 0.3) is 0 Å². The lowest BCUT2D eigenvalue weighted by Crippen LogP contribution is -2.25. The van der Waals surface area contributed by atoms with Crippen LogP contribution in [0, 0.1) is 5.92 Å². The van der Waals surface area contributed by atoms with Gasteiger partial charge in [0.15, 0.2) is 0 Å². The highest BCUT2D eigenvalue weighted by molar-refractivity contribution is 7.17. The first kappa shape index (κ1) is 18.9. The summed E-state index contributed by atoms with van der Waals surface area (Å²) in [6.45, 7) is 6.10. The molecular formula is C18H29N3O2S. The smallest absolute Gasteiger partial charge is 0.251 e. The molecule has 2 rings (SSSR count). The number of hydrogen-bond acceptors (Lipinski definition) is 4. The Hall–Kier alpha value is -1.40. The predicted octanol–water partition coefficient (Wildman–Crippen LogP) is 3.03. The summed E-state index contributed by atoms with van der Waals surface area (Å²) in [5, 5.41) is 3.57. The molecule has 1 aliphatic rings. The minimum Gasteiger partial charge on any atom is -0.365 e. The lowest BCUT2D eigenvalue weighted by molar-refractivity contribution is -0.116. The third-order valence-corrected chi connectivity index (χ3v) is 5.79. The molecule has 1 aromatic rings. The first-order valence-corrected chi connectivity index (χ1v) is 9.66. The molecule has 0 saturated carbocycles. The van der Waals surface area contributed by atoms with Gasteiger partial charge in [0.25, 0.3) is 5.91 Å². The highest BCUT2D eigenvalue weighted by Crippen LogP contribution is 2.39. The predicted molar refractivity (Wildman–Crippen MR) is 99.7 cm³/mol. The van der Waals surface area contributed by atoms with E-state index in [2.05, 4.69) is 24.1 Å². The molecule has 0 radical (unpaired) electrons.